The van der Waals surface area contributed by atoms with Gasteiger partial charge in [0.25, 0.3) is 5.91 Å². The van der Waals surface area contributed by atoms with Crippen LogP contribution in [0.25, 0.3) is 0 Å². The van der Waals surface area contributed by atoms with Gasteiger partial charge in [-0.25, -0.2) is 0 Å². The van der Waals surface area contributed by atoms with E-state index in [-0.39, 0.29) is 23.1 Å². The second kappa shape index (κ2) is 6.73. The summed E-state index contributed by atoms with van der Waals surface area (Å²) < 4.78 is 0. The number of carbonyl (C=O) groups excluding carboxylic acids is 2. The van der Waals surface area contributed by atoms with Gasteiger partial charge in [0, 0.05) is 18.7 Å². The van der Waals surface area contributed by atoms with Crippen LogP contribution in [0.3, 0.4) is 0 Å². The summed E-state index contributed by atoms with van der Waals surface area (Å²) in [6.45, 7) is 12.0. The number of hydrogen-bond donors (Lipinski definition) is 1. The second-order valence-corrected chi connectivity index (χ2v) is 7.70. The van der Waals surface area contributed by atoms with Crippen molar-refractivity contribution < 1.29 is 9.59 Å². The summed E-state index contributed by atoms with van der Waals surface area (Å²) in [7, 11) is 0. The van der Waals surface area contributed by atoms with Gasteiger partial charge in [-0.2, -0.15) is 0 Å². The molecule has 126 valence electrons. The lowest BCUT2D eigenvalue weighted by Gasteiger charge is -2.35. The summed E-state index contributed by atoms with van der Waals surface area (Å²) in [5.41, 5.74) is 1.84. The van der Waals surface area contributed by atoms with E-state index < -0.39 is 6.04 Å². The van der Waals surface area contributed by atoms with Crippen molar-refractivity contribution >= 4 is 11.8 Å². The Morgan fingerprint density at radius 1 is 1.09 bits per heavy atom. The Bertz CT molecular complexity index is 566. The van der Waals surface area contributed by atoms with Crippen molar-refractivity contribution in [3.05, 3.63) is 35.4 Å². The van der Waals surface area contributed by atoms with E-state index in [2.05, 4.69) is 26.1 Å². The average molecular weight is 316 g/mol. The zero-order valence-electron chi connectivity index (χ0n) is 14.8. The number of benzene rings is 1. The lowest BCUT2D eigenvalue weighted by Crippen LogP contribution is -2.55. The fraction of sp³-hybridized carbons (Fsp3) is 0.579. The Kier molecular flexibility index (Phi) is 5.12. The van der Waals surface area contributed by atoms with Crippen molar-refractivity contribution in [3.63, 3.8) is 0 Å². The summed E-state index contributed by atoms with van der Waals surface area (Å²) in [4.78, 5) is 26.7. The molecule has 4 heteroatoms. The summed E-state index contributed by atoms with van der Waals surface area (Å²) in [5, 5.41) is 2.91. The van der Waals surface area contributed by atoms with Crippen LogP contribution in [0.1, 0.15) is 57.0 Å². The number of amides is 2. The largest absolute Gasteiger partial charge is 0.341 e. The van der Waals surface area contributed by atoms with Crippen molar-refractivity contribution in [2.75, 3.05) is 13.1 Å². The van der Waals surface area contributed by atoms with E-state index in [1.807, 2.05) is 43.0 Å². The molecule has 1 atom stereocenters. The van der Waals surface area contributed by atoms with E-state index in [0.29, 0.717) is 5.56 Å². The van der Waals surface area contributed by atoms with Crippen LogP contribution in [0.2, 0.25) is 0 Å². The Balaban J connectivity index is 2.07. The van der Waals surface area contributed by atoms with E-state index in [9.17, 15) is 9.59 Å². The van der Waals surface area contributed by atoms with Gasteiger partial charge in [-0.1, -0.05) is 46.8 Å². The minimum absolute atomic E-state index is 0.0333. The van der Waals surface area contributed by atoms with Crippen LogP contribution in [0.5, 0.6) is 0 Å². The molecule has 1 aliphatic heterocycles. The van der Waals surface area contributed by atoms with Crippen LogP contribution in [-0.4, -0.2) is 35.8 Å². The predicted molar refractivity (Wildman–Crippen MR) is 92.4 cm³/mol. The summed E-state index contributed by atoms with van der Waals surface area (Å²) >= 11 is 0. The third kappa shape index (κ3) is 4.12. The zero-order chi connectivity index (χ0) is 17.2. The second-order valence-electron chi connectivity index (χ2n) is 7.70. The minimum Gasteiger partial charge on any atom is -0.341 e. The van der Waals surface area contributed by atoms with Gasteiger partial charge in [0.2, 0.25) is 5.91 Å². The third-order valence-electron chi connectivity index (χ3n) is 4.40. The highest BCUT2D eigenvalue weighted by atomic mass is 16.2. The topological polar surface area (TPSA) is 49.4 Å². The van der Waals surface area contributed by atoms with E-state index >= 15 is 0 Å². The van der Waals surface area contributed by atoms with Crippen LogP contribution in [0.15, 0.2) is 24.3 Å². The fourth-order valence-electron chi connectivity index (χ4n) is 2.59. The molecule has 1 N–H and O–H groups in total. The van der Waals surface area contributed by atoms with E-state index in [4.69, 9.17) is 0 Å². The van der Waals surface area contributed by atoms with Gasteiger partial charge in [-0.05, 0) is 35.4 Å². The maximum Gasteiger partial charge on any atom is 0.251 e. The molecule has 0 bridgehead atoms. The Morgan fingerprint density at radius 3 is 2.04 bits per heavy atom. The number of nitrogens with one attached hydrogen (secondary N) is 1. The van der Waals surface area contributed by atoms with Crippen LogP contribution in [-0.2, 0) is 10.2 Å². The van der Waals surface area contributed by atoms with Gasteiger partial charge in [-0.3, -0.25) is 9.59 Å². The molecular formula is C19H28N2O2. The van der Waals surface area contributed by atoms with Gasteiger partial charge in [0.05, 0.1) is 0 Å². The number of rotatable bonds is 4. The predicted octanol–water partition coefficient (Wildman–Crippen LogP) is 2.97. The molecule has 23 heavy (non-hydrogen) atoms. The first kappa shape index (κ1) is 17.5. The summed E-state index contributed by atoms with van der Waals surface area (Å²) in [6, 6.07) is 7.18. The number of carbonyl (C=O) groups is 2. The maximum atomic E-state index is 12.5. The molecule has 1 fully saturated rings. The number of hydrogen-bond acceptors (Lipinski definition) is 2. The van der Waals surface area contributed by atoms with Crippen LogP contribution in [0.4, 0.5) is 0 Å². The quantitative estimate of drug-likeness (QED) is 0.928. The molecular weight excluding hydrogens is 288 g/mol. The van der Waals surface area contributed by atoms with Crippen LogP contribution in [0, 0.1) is 5.92 Å². The van der Waals surface area contributed by atoms with Crippen molar-refractivity contribution in [2.45, 2.75) is 52.5 Å². The Hall–Kier alpha value is -1.84. The molecule has 0 aromatic heterocycles. The first-order chi connectivity index (χ1) is 10.7. The molecule has 1 aliphatic rings. The van der Waals surface area contributed by atoms with Gasteiger partial charge < -0.3 is 10.2 Å². The lowest BCUT2D eigenvalue weighted by molar-refractivity contribution is -0.137. The highest BCUT2D eigenvalue weighted by molar-refractivity contribution is 5.97. The highest BCUT2D eigenvalue weighted by Gasteiger charge is 2.31. The zero-order valence-corrected chi connectivity index (χ0v) is 14.8. The minimum atomic E-state index is -0.454. The normalized spacial score (nSPS) is 16.0. The molecule has 0 radical (unpaired) electrons. The van der Waals surface area contributed by atoms with E-state index in [1.54, 1.807) is 0 Å². The smallest absolute Gasteiger partial charge is 0.251 e. The van der Waals surface area contributed by atoms with Crippen LogP contribution >= 0.6 is 0 Å². The van der Waals surface area contributed by atoms with Gasteiger partial charge >= 0.3 is 0 Å². The molecule has 0 saturated carbocycles. The first-order valence-corrected chi connectivity index (χ1v) is 8.40. The summed E-state index contributed by atoms with van der Waals surface area (Å²) in [5.74, 6) is -0.0788. The molecule has 0 spiro atoms. The van der Waals surface area contributed by atoms with E-state index in [0.717, 1.165) is 19.5 Å². The van der Waals surface area contributed by atoms with Crippen molar-refractivity contribution in [2.24, 2.45) is 5.92 Å². The Labute approximate surface area is 139 Å². The number of nitrogens with zero attached hydrogens (tertiary/aromatic N) is 1. The molecule has 1 heterocycles. The molecule has 2 amide bonds. The molecule has 1 aromatic carbocycles. The van der Waals surface area contributed by atoms with Crippen LogP contribution < -0.4 is 5.32 Å². The number of likely N-dealkylation sites (tertiary alicyclic amines) is 1. The average Bonchev–Trinajstić information content (AvgIpc) is 2.41. The molecule has 1 saturated heterocycles. The monoisotopic (exact) mass is 316 g/mol. The van der Waals surface area contributed by atoms with E-state index in [1.165, 1.54) is 5.56 Å². The first-order valence-electron chi connectivity index (χ1n) is 8.40. The lowest BCUT2D eigenvalue weighted by atomic mass is 9.86. The van der Waals surface area contributed by atoms with Gasteiger partial charge in [0.1, 0.15) is 6.04 Å². The maximum absolute atomic E-state index is 12.5. The van der Waals surface area contributed by atoms with Gasteiger partial charge in [0.15, 0.2) is 0 Å². The summed E-state index contributed by atoms with van der Waals surface area (Å²) in [6.07, 6.45) is 1.05. The Morgan fingerprint density at radius 2 is 1.65 bits per heavy atom. The van der Waals surface area contributed by atoms with Crippen molar-refractivity contribution in [1.29, 1.82) is 0 Å². The molecule has 0 unspecified atom stereocenters. The molecule has 1 aromatic rings. The molecule has 2 rings (SSSR count). The fourth-order valence-corrected chi connectivity index (χ4v) is 2.59. The standard InChI is InChI=1S/C19H28N2O2/c1-13(2)16(18(23)21-11-6-12-21)20-17(22)14-7-9-15(10-8-14)19(3,4)5/h7-10,13,16H,6,11-12H2,1-5H3,(H,20,22)/t16-/m1/s1. The highest BCUT2D eigenvalue weighted by Crippen LogP contribution is 2.22. The SMILES string of the molecule is CC(C)[C@@H](NC(=O)c1ccc(C(C)(C)C)cc1)C(=O)N1CCC1. The van der Waals surface area contributed by atoms with Gasteiger partial charge in [-0.15, -0.1) is 0 Å². The molecule has 0 aliphatic carbocycles. The van der Waals surface area contributed by atoms with Crippen molar-refractivity contribution in [3.8, 4) is 0 Å². The van der Waals surface area contributed by atoms with Crippen molar-refractivity contribution in [1.82, 2.24) is 10.2 Å². The third-order valence-corrected chi connectivity index (χ3v) is 4.40. The molecule has 4 nitrogen and oxygen atoms in total.